The molecule has 0 fully saturated rings. The van der Waals surface area contributed by atoms with Crippen LogP contribution in [0.4, 0.5) is 0 Å². The second kappa shape index (κ2) is 22.5. The van der Waals surface area contributed by atoms with E-state index in [2.05, 4.69) is 27.0 Å². The van der Waals surface area contributed by atoms with Crippen LogP contribution in [0.5, 0.6) is 0 Å². The minimum atomic E-state index is 0. The smallest absolute Gasteiger partial charge is 0.343 e. The van der Waals surface area contributed by atoms with E-state index in [0.29, 0.717) is 0 Å². The molecule has 0 rings (SSSR count). The second-order valence-corrected chi connectivity index (χ2v) is 1.86. The van der Waals surface area contributed by atoms with Crippen molar-refractivity contribution in [1.29, 1.82) is 0 Å². The third-order valence-corrected chi connectivity index (χ3v) is 0.816. The van der Waals surface area contributed by atoms with Gasteiger partial charge in [0.15, 0.2) is 0 Å². The molecule has 0 N–H and O–H groups in total. The van der Waals surface area contributed by atoms with Gasteiger partial charge in [-0.2, -0.15) is 12.8 Å². The van der Waals surface area contributed by atoms with Crippen LogP contribution in [-0.2, 0) is 0 Å². The molecule has 0 aliphatic carbocycles. The molecule has 0 unspecified atom stereocenters. The van der Waals surface area contributed by atoms with Crippen molar-refractivity contribution in [3.05, 3.63) is 39.2 Å². The fourth-order valence-electron chi connectivity index (χ4n) is 0.289. The van der Waals surface area contributed by atoms with Crippen molar-refractivity contribution in [2.75, 3.05) is 0 Å². The van der Waals surface area contributed by atoms with E-state index >= 15 is 0 Å². The predicted molar refractivity (Wildman–Crippen MR) is 55.3 cm³/mol. The van der Waals surface area contributed by atoms with Crippen LogP contribution in [-0.4, -0.2) is 23.1 Å². The molecule has 0 saturated heterocycles. The molecule has 0 spiro atoms. The number of hydrogen-bond donors (Lipinski definition) is 0. The Labute approximate surface area is 87.9 Å². The maximum atomic E-state index is 3.60. The van der Waals surface area contributed by atoms with Gasteiger partial charge in [0.2, 0.25) is 0 Å². The van der Waals surface area contributed by atoms with Crippen LogP contribution in [0.1, 0.15) is 25.7 Å². The third-order valence-electron chi connectivity index (χ3n) is 0.816. The van der Waals surface area contributed by atoms with Crippen molar-refractivity contribution in [1.82, 2.24) is 0 Å². The van der Waals surface area contributed by atoms with Gasteiger partial charge in [-0.05, 0) is 0 Å². The molecule has 60 valence electrons. The Morgan fingerprint density at radius 3 is 1.18 bits per heavy atom. The molecule has 0 saturated carbocycles. The maximum absolute atomic E-state index is 3.60. The average Bonchev–Trinajstić information content (AvgIpc) is 1.93. The molecule has 0 heterocycles. The summed E-state index contributed by atoms with van der Waals surface area (Å²) in [5.74, 6) is 0. The Bertz CT molecular complexity index is 57.3. The quantitative estimate of drug-likeness (QED) is 0.338. The van der Waals surface area contributed by atoms with Gasteiger partial charge in [-0.25, -0.2) is 0 Å². The van der Waals surface area contributed by atoms with Crippen molar-refractivity contribution in [3.63, 3.8) is 0 Å². The van der Waals surface area contributed by atoms with Gasteiger partial charge in [0.25, 0.3) is 0 Å². The van der Waals surface area contributed by atoms with Crippen LogP contribution >= 0.6 is 0 Å². The zero-order valence-corrected chi connectivity index (χ0v) is 8.93. The minimum Gasteiger partial charge on any atom is -0.343 e. The van der Waals surface area contributed by atoms with E-state index in [1.165, 1.54) is 0 Å². The van der Waals surface area contributed by atoms with Crippen LogP contribution in [0.25, 0.3) is 0 Å². The van der Waals surface area contributed by atoms with E-state index in [0.717, 1.165) is 25.7 Å². The number of rotatable bonds is 4. The summed E-state index contributed by atoms with van der Waals surface area (Å²) in [7, 11) is 0. The fraction of sp³-hybridized carbons (Fsp3) is 0.400. The summed E-state index contributed by atoms with van der Waals surface area (Å²) in [5, 5.41) is 0. The van der Waals surface area contributed by atoms with Gasteiger partial charge in [-0.1, -0.05) is 25.0 Å². The number of hydrogen-bond acceptors (Lipinski definition) is 0. The van der Waals surface area contributed by atoms with E-state index in [4.69, 9.17) is 0 Å². The Balaban J connectivity index is -0.000000107. The first-order valence-corrected chi connectivity index (χ1v) is 3.63. The molecule has 0 bridgehead atoms. The maximum Gasteiger partial charge on any atom is 2.00 e. The van der Waals surface area contributed by atoms with Crippen molar-refractivity contribution in [2.45, 2.75) is 25.7 Å². The fourth-order valence-corrected chi connectivity index (χ4v) is 0.289. The Kier molecular flexibility index (Phi) is 35.4. The molecule has 0 atom stereocenters. The van der Waals surface area contributed by atoms with Crippen molar-refractivity contribution in [3.8, 4) is 0 Å². The monoisotopic (exact) mass is 162 g/mol. The molecule has 11 heavy (non-hydrogen) atoms. The minimum absolute atomic E-state index is 0. The molecule has 1 heteroatoms. The van der Waals surface area contributed by atoms with E-state index in [-0.39, 0.29) is 23.1 Å². The molecule has 0 aromatic heterocycles. The van der Waals surface area contributed by atoms with Crippen molar-refractivity contribution in [2.24, 2.45) is 0 Å². The summed E-state index contributed by atoms with van der Waals surface area (Å²) in [6, 6.07) is 0. The molecule has 0 aliphatic heterocycles. The molecule has 0 radical (unpaired) electrons. The van der Waals surface area contributed by atoms with E-state index < -0.39 is 0 Å². The van der Waals surface area contributed by atoms with Crippen LogP contribution in [0, 0.1) is 13.8 Å². The van der Waals surface area contributed by atoms with Gasteiger partial charge in [0.1, 0.15) is 0 Å². The summed E-state index contributed by atoms with van der Waals surface area (Å²) < 4.78 is 0. The third kappa shape index (κ3) is 38.6. The van der Waals surface area contributed by atoms with Crippen LogP contribution in [0.2, 0.25) is 0 Å². The zero-order valence-electron chi connectivity index (χ0n) is 7.52. The van der Waals surface area contributed by atoms with Gasteiger partial charge in [0.05, 0.1) is 0 Å². The van der Waals surface area contributed by atoms with Gasteiger partial charge in [0, 0.05) is 0 Å². The topological polar surface area (TPSA) is 0 Å². The predicted octanol–water partition coefficient (Wildman–Crippen LogP) is 3.19. The first-order chi connectivity index (χ1) is 4.83. The van der Waals surface area contributed by atoms with Crippen LogP contribution in [0.15, 0.2) is 25.3 Å². The number of unbranched alkanes of at least 4 members (excludes halogenated alkanes) is 2. The first kappa shape index (κ1) is 17.4. The first-order valence-electron chi connectivity index (χ1n) is 3.63. The molecular weight excluding hydrogens is 144 g/mol. The second-order valence-electron chi connectivity index (χ2n) is 1.86. The molecule has 0 aliphatic rings. The molecule has 0 aromatic rings. The summed E-state index contributed by atoms with van der Waals surface area (Å²) in [4.78, 5) is 0. The normalized spacial score (nSPS) is 6.73. The molecule has 0 nitrogen and oxygen atoms in total. The Morgan fingerprint density at radius 1 is 0.909 bits per heavy atom. The van der Waals surface area contributed by atoms with Gasteiger partial charge >= 0.3 is 23.1 Å². The molecule has 0 aromatic carbocycles. The van der Waals surface area contributed by atoms with Gasteiger partial charge in [-0.3, -0.25) is 0 Å². The van der Waals surface area contributed by atoms with E-state index in [1.54, 1.807) is 0 Å². The van der Waals surface area contributed by atoms with Gasteiger partial charge in [-0.15, -0.1) is 13.2 Å². The number of allylic oxidation sites excluding steroid dienone is 2. The summed E-state index contributed by atoms with van der Waals surface area (Å²) >= 11 is 0. The van der Waals surface area contributed by atoms with E-state index in [9.17, 15) is 0 Å². The summed E-state index contributed by atoms with van der Waals surface area (Å²) in [6.07, 6.45) is 7.77. The summed E-state index contributed by atoms with van der Waals surface area (Å²) in [6.45, 7) is 14.2. The van der Waals surface area contributed by atoms with Crippen LogP contribution in [0.3, 0.4) is 0 Å². The van der Waals surface area contributed by atoms with E-state index in [1.807, 2.05) is 12.2 Å². The Morgan fingerprint density at radius 2 is 1.18 bits per heavy atom. The van der Waals surface area contributed by atoms with Gasteiger partial charge < -0.3 is 13.8 Å². The molecular formula is C10H18Mg. The molecule has 0 amide bonds. The van der Waals surface area contributed by atoms with Crippen LogP contribution < -0.4 is 0 Å². The standard InChI is InChI=1S/2C5H9.Mg/c2*1-3-5-4-2;/h2*3H,1-2,4-5H2;/q2*-1;+2. The summed E-state index contributed by atoms with van der Waals surface area (Å²) in [5.41, 5.74) is 0. The van der Waals surface area contributed by atoms with Crippen molar-refractivity contribution >= 4 is 23.1 Å². The van der Waals surface area contributed by atoms with Crippen molar-refractivity contribution < 1.29 is 0 Å². The zero-order chi connectivity index (χ0) is 8.24. The SMILES string of the molecule is C=CCC[CH2-].C=CCC[CH2-].[Mg+2]. The largest absolute Gasteiger partial charge is 2.00 e. The Hall–Kier alpha value is 0.246. The average molecular weight is 163 g/mol.